The summed E-state index contributed by atoms with van der Waals surface area (Å²) in [6.45, 7) is 0. The molecule has 0 aliphatic carbocycles. The molecule has 0 saturated heterocycles. The van der Waals surface area contributed by atoms with Crippen LogP contribution >= 0.6 is 15.9 Å². The summed E-state index contributed by atoms with van der Waals surface area (Å²) < 4.78 is 6.35. The number of nitrogens with one attached hydrogen (secondary N) is 2. The Kier molecular flexibility index (Phi) is 7.15. The minimum atomic E-state index is -0.539. The van der Waals surface area contributed by atoms with Gasteiger partial charge in [-0.2, -0.15) is 0 Å². The summed E-state index contributed by atoms with van der Waals surface area (Å²) in [5, 5.41) is 1.71. The van der Waals surface area contributed by atoms with Gasteiger partial charge in [0.05, 0.1) is 5.56 Å². The van der Waals surface area contributed by atoms with E-state index in [1.807, 2.05) is 30.3 Å². The van der Waals surface area contributed by atoms with E-state index in [4.69, 9.17) is 4.74 Å². The van der Waals surface area contributed by atoms with Crippen molar-refractivity contribution < 1.29 is 19.1 Å². The monoisotopic (exact) mass is 514 g/mol. The van der Waals surface area contributed by atoms with Crippen molar-refractivity contribution in [3.8, 4) is 5.75 Å². The first-order valence-corrected chi connectivity index (χ1v) is 11.1. The average Bonchev–Trinajstić information content (AvgIpc) is 2.86. The Hall–Kier alpha value is -4.23. The van der Waals surface area contributed by atoms with E-state index in [-0.39, 0.29) is 0 Å². The van der Waals surface area contributed by atoms with Crippen molar-refractivity contribution >= 4 is 50.6 Å². The second kappa shape index (κ2) is 10.6. The van der Waals surface area contributed by atoms with Crippen molar-refractivity contribution in [1.82, 2.24) is 10.9 Å². The lowest BCUT2D eigenvalue weighted by molar-refractivity contribution is -0.117. The minimum absolute atomic E-state index is 0.305. The minimum Gasteiger partial charge on any atom is -0.422 e. The first-order valence-electron chi connectivity index (χ1n) is 10.3. The van der Waals surface area contributed by atoms with Gasteiger partial charge < -0.3 is 4.74 Å². The molecule has 0 aliphatic rings. The molecule has 0 aromatic heterocycles. The Labute approximate surface area is 204 Å². The van der Waals surface area contributed by atoms with Crippen molar-refractivity contribution in [3.05, 3.63) is 118 Å². The lowest BCUT2D eigenvalue weighted by Crippen LogP contribution is -2.40. The molecule has 0 atom stereocenters. The van der Waals surface area contributed by atoms with Gasteiger partial charge in [-0.05, 0) is 53.2 Å². The molecule has 0 saturated carbocycles. The number of hydrazine groups is 1. The van der Waals surface area contributed by atoms with Crippen LogP contribution in [0.4, 0.5) is 0 Å². The maximum atomic E-state index is 12.6. The number of amides is 2. The second-order valence-corrected chi connectivity index (χ2v) is 8.15. The number of esters is 1. The Bertz CT molecular complexity index is 1390. The van der Waals surface area contributed by atoms with Gasteiger partial charge in [0.25, 0.3) is 11.8 Å². The van der Waals surface area contributed by atoms with Crippen LogP contribution in [-0.4, -0.2) is 17.8 Å². The predicted molar refractivity (Wildman–Crippen MR) is 134 cm³/mol. The van der Waals surface area contributed by atoms with Gasteiger partial charge in [0, 0.05) is 21.7 Å². The van der Waals surface area contributed by atoms with E-state index in [2.05, 4.69) is 26.8 Å². The number of halogens is 1. The highest BCUT2D eigenvalue weighted by Crippen LogP contribution is 2.22. The van der Waals surface area contributed by atoms with Gasteiger partial charge in [-0.3, -0.25) is 20.4 Å². The van der Waals surface area contributed by atoms with E-state index >= 15 is 0 Å². The number of rotatable bonds is 5. The molecule has 0 fully saturated rings. The summed E-state index contributed by atoms with van der Waals surface area (Å²) in [6.07, 6.45) is 2.75. The van der Waals surface area contributed by atoms with E-state index in [0.29, 0.717) is 22.4 Å². The normalized spacial score (nSPS) is 10.7. The van der Waals surface area contributed by atoms with Gasteiger partial charge in [-0.1, -0.05) is 70.5 Å². The van der Waals surface area contributed by atoms with Crippen molar-refractivity contribution in [2.45, 2.75) is 0 Å². The lowest BCUT2D eigenvalue weighted by Gasteiger charge is -2.09. The Morgan fingerprint density at radius 1 is 0.765 bits per heavy atom. The van der Waals surface area contributed by atoms with Crippen LogP contribution in [0.15, 0.2) is 102 Å². The molecule has 0 radical (unpaired) electrons. The van der Waals surface area contributed by atoms with Crippen LogP contribution in [-0.2, 0) is 4.79 Å². The number of hydrogen-bond acceptors (Lipinski definition) is 4. The molecule has 0 aliphatic heterocycles. The maximum absolute atomic E-state index is 12.6. The van der Waals surface area contributed by atoms with Gasteiger partial charge in [-0.15, -0.1) is 0 Å². The first-order chi connectivity index (χ1) is 16.5. The van der Waals surface area contributed by atoms with E-state index in [1.54, 1.807) is 60.7 Å². The highest BCUT2D eigenvalue weighted by atomic mass is 79.9. The van der Waals surface area contributed by atoms with Gasteiger partial charge in [-0.25, -0.2) is 4.79 Å². The fourth-order valence-electron chi connectivity index (χ4n) is 3.27. The van der Waals surface area contributed by atoms with Crippen LogP contribution in [0.1, 0.15) is 26.3 Å². The molecular weight excluding hydrogens is 496 g/mol. The molecule has 0 unspecified atom stereocenters. The third-order valence-electron chi connectivity index (χ3n) is 4.95. The molecule has 0 spiro atoms. The average molecular weight is 515 g/mol. The molecule has 0 heterocycles. The summed E-state index contributed by atoms with van der Waals surface area (Å²) >= 11 is 3.33. The molecule has 168 valence electrons. The lowest BCUT2D eigenvalue weighted by atomic mass is 10.0. The van der Waals surface area contributed by atoms with Crippen molar-refractivity contribution in [1.29, 1.82) is 0 Å². The van der Waals surface area contributed by atoms with Gasteiger partial charge in [0.2, 0.25) is 0 Å². The maximum Gasteiger partial charge on any atom is 0.343 e. The highest BCUT2D eigenvalue weighted by Gasteiger charge is 2.12. The Morgan fingerprint density at radius 2 is 1.47 bits per heavy atom. The van der Waals surface area contributed by atoms with Crippen LogP contribution in [0, 0.1) is 0 Å². The molecule has 6 nitrogen and oxygen atoms in total. The number of benzene rings is 4. The summed E-state index contributed by atoms with van der Waals surface area (Å²) in [6, 6.07) is 26.5. The highest BCUT2D eigenvalue weighted by molar-refractivity contribution is 9.10. The van der Waals surface area contributed by atoms with Gasteiger partial charge in [0.1, 0.15) is 5.75 Å². The standard InChI is InChI=1S/C27H19BrN2O4/c28-21-15-12-20(13-16-21)27(33)34-24-11-4-2-7-19(24)14-17-25(31)29-30-26(32)23-10-5-8-18-6-1-3-9-22(18)23/h1-17H,(H,29,31)(H,30,32)/b17-14+. The topological polar surface area (TPSA) is 84.5 Å². The first kappa shape index (κ1) is 22.9. The second-order valence-electron chi connectivity index (χ2n) is 7.24. The van der Waals surface area contributed by atoms with E-state index in [9.17, 15) is 14.4 Å². The van der Waals surface area contributed by atoms with E-state index in [0.717, 1.165) is 15.2 Å². The molecule has 2 N–H and O–H groups in total. The fraction of sp³-hybridized carbons (Fsp3) is 0. The van der Waals surface area contributed by atoms with Crippen LogP contribution in [0.25, 0.3) is 16.8 Å². The van der Waals surface area contributed by atoms with Crippen molar-refractivity contribution in [3.63, 3.8) is 0 Å². The molecule has 2 amide bonds. The summed E-state index contributed by atoms with van der Waals surface area (Å²) in [4.78, 5) is 37.3. The number of carbonyl (C=O) groups is 3. The number of carbonyl (C=O) groups excluding carboxylic acids is 3. The zero-order valence-electron chi connectivity index (χ0n) is 17.8. The molecule has 4 aromatic rings. The number of hydrogen-bond donors (Lipinski definition) is 2. The zero-order chi connectivity index (χ0) is 23.9. The van der Waals surface area contributed by atoms with Crippen LogP contribution in [0.3, 0.4) is 0 Å². The van der Waals surface area contributed by atoms with Crippen LogP contribution in [0.5, 0.6) is 5.75 Å². The molecule has 0 bridgehead atoms. The molecule has 7 heteroatoms. The molecular formula is C27H19BrN2O4. The Morgan fingerprint density at radius 3 is 2.29 bits per heavy atom. The fourth-order valence-corrected chi connectivity index (χ4v) is 3.54. The van der Waals surface area contributed by atoms with Crippen LogP contribution < -0.4 is 15.6 Å². The van der Waals surface area contributed by atoms with E-state index < -0.39 is 17.8 Å². The summed E-state index contributed by atoms with van der Waals surface area (Å²) in [7, 11) is 0. The third kappa shape index (κ3) is 5.57. The molecule has 4 aromatic carbocycles. The third-order valence-corrected chi connectivity index (χ3v) is 5.48. The molecule has 4 rings (SSSR count). The number of fused-ring (bicyclic) bond motifs is 1. The SMILES string of the molecule is O=C(/C=C/c1ccccc1OC(=O)c1ccc(Br)cc1)NNC(=O)c1cccc2ccccc12. The number of para-hydroxylation sites is 1. The smallest absolute Gasteiger partial charge is 0.343 e. The molecule has 34 heavy (non-hydrogen) atoms. The van der Waals surface area contributed by atoms with Crippen molar-refractivity contribution in [2.24, 2.45) is 0 Å². The van der Waals surface area contributed by atoms with Crippen LogP contribution in [0.2, 0.25) is 0 Å². The van der Waals surface area contributed by atoms with Gasteiger partial charge in [0.15, 0.2) is 0 Å². The van der Waals surface area contributed by atoms with Gasteiger partial charge >= 0.3 is 5.97 Å². The summed E-state index contributed by atoms with van der Waals surface area (Å²) in [5.41, 5.74) is 6.17. The van der Waals surface area contributed by atoms with E-state index in [1.165, 1.54) is 12.2 Å². The van der Waals surface area contributed by atoms with Crippen molar-refractivity contribution in [2.75, 3.05) is 0 Å². The zero-order valence-corrected chi connectivity index (χ0v) is 19.4. The summed E-state index contributed by atoms with van der Waals surface area (Å²) in [5.74, 6) is -1.18. The Balaban J connectivity index is 1.40. The largest absolute Gasteiger partial charge is 0.422 e. The number of ether oxygens (including phenoxy) is 1. The quantitative estimate of drug-likeness (QED) is 0.164. The predicted octanol–water partition coefficient (Wildman–Crippen LogP) is 5.30.